The number of hydrogen-bond donors (Lipinski definition) is 0. The van der Waals surface area contributed by atoms with Crippen LogP contribution < -0.4 is 0 Å². The SMILES string of the molecule is CN(CCc1ccccn1)CC(Cl)C#N. The Bertz CT molecular complexity index is 320. The van der Waals surface area contributed by atoms with Crippen molar-refractivity contribution < 1.29 is 0 Å². The maximum Gasteiger partial charge on any atom is 0.133 e. The third-order valence-corrected chi connectivity index (χ3v) is 2.32. The average molecular weight is 224 g/mol. The molecule has 0 aliphatic heterocycles. The minimum Gasteiger partial charge on any atom is -0.303 e. The summed E-state index contributed by atoms with van der Waals surface area (Å²) < 4.78 is 0. The Morgan fingerprint density at radius 2 is 2.40 bits per heavy atom. The van der Waals surface area contributed by atoms with Crippen molar-refractivity contribution in [3.8, 4) is 6.07 Å². The van der Waals surface area contributed by atoms with E-state index in [-0.39, 0.29) is 0 Å². The van der Waals surface area contributed by atoms with Gasteiger partial charge in [0, 0.05) is 31.4 Å². The molecule has 0 radical (unpaired) electrons. The van der Waals surface area contributed by atoms with Gasteiger partial charge in [-0.2, -0.15) is 5.26 Å². The smallest absolute Gasteiger partial charge is 0.133 e. The number of halogens is 1. The van der Waals surface area contributed by atoms with E-state index in [4.69, 9.17) is 16.9 Å². The van der Waals surface area contributed by atoms with Gasteiger partial charge in [0.15, 0.2) is 0 Å². The molecule has 0 N–H and O–H groups in total. The van der Waals surface area contributed by atoms with Gasteiger partial charge in [-0.05, 0) is 19.2 Å². The number of likely N-dealkylation sites (N-methyl/N-ethyl adjacent to an activating group) is 1. The number of aromatic nitrogens is 1. The predicted molar refractivity (Wildman–Crippen MR) is 60.7 cm³/mol. The van der Waals surface area contributed by atoms with E-state index in [0.29, 0.717) is 6.54 Å². The summed E-state index contributed by atoms with van der Waals surface area (Å²) in [5.41, 5.74) is 1.06. The maximum atomic E-state index is 8.55. The summed E-state index contributed by atoms with van der Waals surface area (Å²) in [6, 6.07) is 7.87. The molecule has 1 aromatic heterocycles. The van der Waals surface area contributed by atoms with Crippen molar-refractivity contribution in [1.82, 2.24) is 9.88 Å². The molecule has 80 valence electrons. The van der Waals surface area contributed by atoms with Crippen molar-refractivity contribution in [3.63, 3.8) is 0 Å². The molecule has 1 unspecified atom stereocenters. The Kier molecular flexibility index (Phi) is 5.09. The van der Waals surface area contributed by atoms with E-state index in [0.717, 1.165) is 18.7 Å². The average Bonchev–Trinajstić information content (AvgIpc) is 2.27. The molecule has 0 aliphatic rings. The molecule has 0 spiro atoms. The van der Waals surface area contributed by atoms with E-state index in [1.54, 1.807) is 6.20 Å². The fraction of sp³-hybridized carbons (Fsp3) is 0.455. The molecule has 0 amide bonds. The summed E-state index contributed by atoms with van der Waals surface area (Å²) in [5.74, 6) is 0. The van der Waals surface area contributed by atoms with Gasteiger partial charge in [0.05, 0.1) is 6.07 Å². The van der Waals surface area contributed by atoms with Gasteiger partial charge in [-0.3, -0.25) is 4.98 Å². The molecule has 1 aromatic rings. The number of pyridine rings is 1. The van der Waals surface area contributed by atoms with Crippen LogP contribution in [0.2, 0.25) is 0 Å². The van der Waals surface area contributed by atoms with Crippen LogP contribution in [-0.4, -0.2) is 35.4 Å². The molecule has 0 aromatic carbocycles. The first-order valence-electron chi connectivity index (χ1n) is 4.84. The Balaban J connectivity index is 2.29. The Morgan fingerprint density at radius 3 is 3.00 bits per heavy atom. The monoisotopic (exact) mass is 223 g/mol. The molecular weight excluding hydrogens is 210 g/mol. The standard InChI is InChI=1S/C11H14ClN3/c1-15(9-10(12)8-13)7-5-11-4-2-3-6-14-11/h2-4,6,10H,5,7,9H2,1H3. The van der Waals surface area contributed by atoms with Crippen LogP contribution in [0.1, 0.15) is 5.69 Å². The minimum absolute atomic E-state index is 0.432. The summed E-state index contributed by atoms with van der Waals surface area (Å²) in [4.78, 5) is 6.26. The lowest BCUT2D eigenvalue weighted by molar-refractivity contribution is 0.347. The quantitative estimate of drug-likeness (QED) is 0.714. The molecule has 0 fully saturated rings. The van der Waals surface area contributed by atoms with E-state index >= 15 is 0 Å². The van der Waals surface area contributed by atoms with Crippen molar-refractivity contribution in [3.05, 3.63) is 30.1 Å². The molecule has 0 aliphatic carbocycles. The summed E-state index contributed by atoms with van der Waals surface area (Å²) >= 11 is 5.72. The van der Waals surface area contributed by atoms with Crippen LogP contribution >= 0.6 is 11.6 Å². The van der Waals surface area contributed by atoms with Crippen LogP contribution in [0, 0.1) is 11.3 Å². The van der Waals surface area contributed by atoms with Crippen LogP contribution in [0.25, 0.3) is 0 Å². The van der Waals surface area contributed by atoms with Gasteiger partial charge in [0.2, 0.25) is 0 Å². The highest BCUT2D eigenvalue weighted by Gasteiger charge is 2.06. The Labute approximate surface area is 95.3 Å². The fourth-order valence-electron chi connectivity index (χ4n) is 1.26. The summed E-state index contributed by atoms with van der Waals surface area (Å²) in [7, 11) is 1.95. The first-order valence-corrected chi connectivity index (χ1v) is 5.28. The lowest BCUT2D eigenvalue weighted by atomic mass is 10.2. The molecule has 0 bridgehead atoms. The van der Waals surface area contributed by atoms with Gasteiger partial charge in [0.1, 0.15) is 5.38 Å². The molecule has 1 heterocycles. The molecular formula is C11H14ClN3. The fourth-order valence-corrected chi connectivity index (χ4v) is 1.49. The summed E-state index contributed by atoms with van der Waals surface area (Å²) in [6.45, 7) is 1.45. The predicted octanol–water partition coefficient (Wildman–Crippen LogP) is 1.69. The maximum absolute atomic E-state index is 8.55. The van der Waals surface area contributed by atoms with Crippen molar-refractivity contribution in [2.45, 2.75) is 11.8 Å². The van der Waals surface area contributed by atoms with E-state index < -0.39 is 5.38 Å². The molecule has 1 rings (SSSR count). The van der Waals surface area contributed by atoms with Gasteiger partial charge < -0.3 is 4.90 Å². The van der Waals surface area contributed by atoms with Crippen LogP contribution in [0.5, 0.6) is 0 Å². The second-order valence-electron chi connectivity index (χ2n) is 3.43. The molecule has 3 nitrogen and oxygen atoms in total. The summed E-state index contributed by atoms with van der Waals surface area (Å²) in [5, 5.41) is 8.12. The largest absolute Gasteiger partial charge is 0.303 e. The molecule has 0 saturated carbocycles. The number of rotatable bonds is 5. The summed E-state index contributed by atoms with van der Waals surface area (Å²) in [6.07, 6.45) is 2.67. The van der Waals surface area contributed by atoms with Crippen molar-refractivity contribution >= 4 is 11.6 Å². The third kappa shape index (κ3) is 4.78. The van der Waals surface area contributed by atoms with Crippen LogP contribution in [0.15, 0.2) is 24.4 Å². The van der Waals surface area contributed by atoms with E-state index in [1.165, 1.54) is 0 Å². The first-order chi connectivity index (χ1) is 7.22. The van der Waals surface area contributed by atoms with Crippen LogP contribution in [-0.2, 0) is 6.42 Å². The normalized spacial score (nSPS) is 12.4. The number of nitrogens with zero attached hydrogens (tertiary/aromatic N) is 3. The van der Waals surface area contributed by atoms with Crippen molar-refractivity contribution in [2.24, 2.45) is 0 Å². The Morgan fingerprint density at radius 1 is 1.60 bits per heavy atom. The molecule has 15 heavy (non-hydrogen) atoms. The number of hydrogen-bond acceptors (Lipinski definition) is 3. The van der Waals surface area contributed by atoms with Gasteiger partial charge in [-0.15, -0.1) is 11.6 Å². The molecule has 1 atom stereocenters. The zero-order valence-corrected chi connectivity index (χ0v) is 9.48. The van der Waals surface area contributed by atoms with E-state index in [1.807, 2.05) is 36.2 Å². The van der Waals surface area contributed by atoms with E-state index in [2.05, 4.69) is 4.98 Å². The highest BCUT2D eigenvalue weighted by Crippen LogP contribution is 2.00. The van der Waals surface area contributed by atoms with Gasteiger partial charge >= 0.3 is 0 Å². The van der Waals surface area contributed by atoms with Crippen molar-refractivity contribution in [2.75, 3.05) is 20.1 Å². The second kappa shape index (κ2) is 6.39. The van der Waals surface area contributed by atoms with Crippen LogP contribution in [0.4, 0.5) is 0 Å². The second-order valence-corrected chi connectivity index (χ2v) is 3.96. The number of nitriles is 1. The highest BCUT2D eigenvalue weighted by atomic mass is 35.5. The lowest BCUT2D eigenvalue weighted by Crippen LogP contribution is -2.27. The van der Waals surface area contributed by atoms with Crippen molar-refractivity contribution in [1.29, 1.82) is 5.26 Å². The first kappa shape index (κ1) is 12.0. The van der Waals surface area contributed by atoms with Gasteiger partial charge in [-0.25, -0.2) is 0 Å². The zero-order chi connectivity index (χ0) is 11.1. The lowest BCUT2D eigenvalue weighted by Gasteiger charge is -2.16. The zero-order valence-electron chi connectivity index (χ0n) is 8.73. The highest BCUT2D eigenvalue weighted by molar-refractivity contribution is 6.22. The minimum atomic E-state index is -0.432. The number of alkyl halides is 1. The Hall–Kier alpha value is -1.11. The van der Waals surface area contributed by atoms with Gasteiger partial charge in [-0.1, -0.05) is 6.07 Å². The van der Waals surface area contributed by atoms with Crippen LogP contribution in [0.3, 0.4) is 0 Å². The third-order valence-electron chi connectivity index (χ3n) is 2.09. The van der Waals surface area contributed by atoms with Gasteiger partial charge in [0.25, 0.3) is 0 Å². The molecule has 0 saturated heterocycles. The topological polar surface area (TPSA) is 39.9 Å². The van der Waals surface area contributed by atoms with E-state index in [9.17, 15) is 0 Å². The molecule has 4 heteroatoms.